The second-order valence-corrected chi connectivity index (χ2v) is 4.28. The first kappa shape index (κ1) is 10.7. The third kappa shape index (κ3) is 2.80. The van der Waals surface area contributed by atoms with E-state index in [1.807, 2.05) is 7.05 Å². The maximum Gasteiger partial charge on any atom is 0.0332 e. The van der Waals surface area contributed by atoms with Crippen LogP contribution in [0.4, 0.5) is 0 Å². The van der Waals surface area contributed by atoms with Crippen molar-refractivity contribution in [3.8, 4) is 0 Å². The summed E-state index contributed by atoms with van der Waals surface area (Å²) < 4.78 is 0. The summed E-state index contributed by atoms with van der Waals surface area (Å²) in [5.74, 6) is 0. The molecule has 0 aromatic heterocycles. The zero-order valence-electron chi connectivity index (χ0n) is 9.37. The normalized spacial score (nSPS) is 22.9. The zero-order valence-corrected chi connectivity index (χ0v) is 9.37. The third-order valence-electron chi connectivity index (χ3n) is 3.23. The third-order valence-corrected chi connectivity index (χ3v) is 3.23. The molecule has 1 saturated heterocycles. The van der Waals surface area contributed by atoms with Crippen LogP contribution in [-0.2, 0) is 0 Å². The highest BCUT2D eigenvalue weighted by molar-refractivity contribution is 5.19. The van der Waals surface area contributed by atoms with E-state index >= 15 is 0 Å². The van der Waals surface area contributed by atoms with E-state index in [9.17, 15) is 0 Å². The van der Waals surface area contributed by atoms with Gasteiger partial charge >= 0.3 is 0 Å². The first-order chi connectivity index (χ1) is 7.40. The lowest BCUT2D eigenvalue weighted by atomic mass is 9.99. The molecule has 82 valence electrons. The van der Waals surface area contributed by atoms with Gasteiger partial charge in [-0.1, -0.05) is 30.3 Å². The largest absolute Gasteiger partial charge is 0.314 e. The monoisotopic (exact) mass is 204 g/mol. The molecule has 2 rings (SSSR count). The molecule has 0 saturated carbocycles. The minimum atomic E-state index is 0.488. The fourth-order valence-corrected chi connectivity index (χ4v) is 2.35. The predicted octanol–water partition coefficient (Wildman–Crippen LogP) is 2.09. The Morgan fingerprint density at radius 1 is 1.40 bits per heavy atom. The number of benzene rings is 1. The van der Waals surface area contributed by atoms with Crippen molar-refractivity contribution in [2.45, 2.75) is 31.3 Å². The molecule has 2 N–H and O–H groups in total. The standard InChI is InChI=1S/C13H20N2/c1-14-13(10-12-8-5-9-15-12)11-6-3-2-4-7-11/h2-4,6-7,12-15H,5,8-10H2,1H3. The number of rotatable bonds is 4. The average molecular weight is 204 g/mol. The summed E-state index contributed by atoms with van der Waals surface area (Å²) >= 11 is 0. The van der Waals surface area contributed by atoms with E-state index in [1.165, 1.54) is 31.4 Å². The highest BCUT2D eigenvalue weighted by Gasteiger charge is 2.19. The van der Waals surface area contributed by atoms with E-state index in [0.717, 1.165) is 0 Å². The molecule has 1 aromatic rings. The van der Waals surface area contributed by atoms with Crippen LogP contribution in [-0.4, -0.2) is 19.6 Å². The summed E-state index contributed by atoms with van der Waals surface area (Å²) in [5.41, 5.74) is 1.40. The van der Waals surface area contributed by atoms with Crippen molar-refractivity contribution in [3.63, 3.8) is 0 Å². The van der Waals surface area contributed by atoms with Crippen molar-refractivity contribution >= 4 is 0 Å². The van der Waals surface area contributed by atoms with Gasteiger partial charge in [-0.25, -0.2) is 0 Å². The highest BCUT2D eigenvalue weighted by atomic mass is 15.0. The van der Waals surface area contributed by atoms with Crippen molar-refractivity contribution in [2.24, 2.45) is 0 Å². The molecule has 1 aliphatic rings. The molecule has 2 heteroatoms. The Balaban J connectivity index is 1.97. The Hall–Kier alpha value is -0.860. The van der Waals surface area contributed by atoms with E-state index in [0.29, 0.717) is 12.1 Å². The van der Waals surface area contributed by atoms with E-state index < -0.39 is 0 Å². The van der Waals surface area contributed by atoms with Gasteiger partial charge in [0.2, 0.25) is 0 Å². The Morgan fingerprint density at radius 3 is 2.80 bits per heavy atom. The molecule has 1 aromatic carbocycles. The van der Waals surface area contributed by atoms with Gasteiger partial charge in [-0.15, -0.1) is 0 Å². The van der Waals surface area contributed by atoms with Crippen LogP contribution in [0.1, 0.15) is 30.9 Å². The summed E-state index contributed by atoms with van der Waals surface area (Å²) in [5, 5.41) is 6.96. The van der Waals surface area contributed by atoms with Crippen LogP contribution in [0.25, 0.3) is 0 Å². The molecule has 1 heterocycles. The highest BCUT2D eigenvalue weighted by Crippen LogP contribution is 2.21. The van der Waals surface area contributed by atoms with Crippen molar-refractivity contribution in [1.29, 1.82) is 0 Å². The SMILES string of the molecule is CNC(CC1CCCN1)c1ccccc1. The Morgan fingerprint density at radius 2 is 2.20 bits per heavy atom. The lowest BCUT2D eigenvalue weighted by Crippen LogP contribution is -2.28. The first-order valence-electron chi connectivity index (χ1n) is 5.86. The van der Waals surface area contributed by atoms with Gasteiger partial charge < -0.3 is 10.6 Å². The van der Waals surface area contributed by atoms with Crippen molar-refractivity contribution in [1.82, 2.24) is 10.6 Å². The van der Waals surface area contributed by atoms with Crippen LogP contribution < -0.4 is 10.6 Å². The molecule has 2 nitrogen and oxygen atoms in total. The smallest absolute Gasteiger partial charge is 0.0332 e. The zero-order chi connectivity index (χ0) is 10.5. The van der Waals surface area contributed by atoms with E-state index in [-0.39, 0.29) is 0 Å². The van der Waals surface area contributed by atoms with Gasteiger partial charge in [0.1, 0.15) is 0 Å². The Labute approximate surface area is 92.1 Å². The summed E-state index contributed by atoms with van der Waals surface area (Å²) in [6, 6.07) is 11.9. The van der Waals surface area contributed by atoms with E-state index in [2.05, 4.69) is 41.0 Å². The Bertz CT molecular complexity index is 278. The molecule has 0 bridgehead atoms. The average Bonchev–Trinajstić information content (AvgIpc) is 2.80. The van der Waals surface area contributed by atoms with Gasteiger partial charge in [0.25, 0.3) is 0 Å². The number of nitrogens with one attached hydrogen (secondary N) is 2. The molecule has 2 atom stereocenters. The van der Waals surface area contributed by atoms with Crippen molar-refractivity contribution in [3.05, 3.63) is 35.9 Å². The second-order valence-electron chi connectivity index (χ2n) is 4.28. The molecule has 0 spiro atoms. The van der Waals surface area contributed by atoms with Gasteiger partial charge in [0, 0.05) is 12.1 Å². The van der Waals surface area contributed by atoms with Gasteiger partial charge in [0.05, 0.1) is 0 Å². The lowest BCUT2D eigenvalue weighted by Gasteiger charge is -2.20. The molecule has 2 unspecified atom stereocenters. The molecular formula is C13H20N2. The summed E-state index contributed by atoms with van der Waals surface area (Å²) in [7, 11) is 2.05. The Kier molecular flexibility index (Phi) is 3.75. The molecule has 1 fully saturated rings. The number of hydrogen-bond donors (Lipinski definition) is 2. The molecule has 0 amide bonds. The minimum Gasteiger partial charge on any atom is -0.314 e. The van der Waals surface area contributed by atoms with Gasteiger partial charge in [-0.05, 0) is 38.4 Å². The van der Waals surface area contributed by atoms with Crippen molar-refractivity contribution in [2.75, 3.05) is 13.6 Å². The quantitative estimate of drug-likeness (QED) is 0.784. The van der Waals surface area contributed by atoms with Gasteiger partial charge in [-0.2, -0.15) is 0 Å². The summed E-state index contributed by atoms with van der Waals surface area (Å²) in [6.45, 7) is 1.19. The van der Waals surface area contributed by atoms with Gasteiger partial charge in [-0.3, -0.25) is 0 Å². The van der Waals surface area contributed by atoms with Crippen LogP contribution >= 0.6 is 0 Å². The molecule has 15 heavy (non-hydrogen) atoms. The molecular weight excluding hydrogens is 184 g/mol. The molecule has 0 aliphatic carbocycles. The summed E-state index contributed by atoms with van der Waals surface area (Å²) in [4.78, 5) is 0. The van der Waals surface area contributed by atoms with Crippen LogP contribution in [0.3, 0.4) is 0 Å². The summed E-state index contributed by atoms with van der Waals surface area (Å²) in [6.07, 6.45) is 3.85. The van der Waals surface area contributed by atoms with E-state index in [4.69, 9.17) is 0 Å². The fourth-order valence-electron chi connectivity index (χ4n) is 2.35. The van der Waals surface area contributed by atoms with Crippen LogP contribution in [0.5, 0.6) is 0 Å². The van der Waals surface area contributed by atoms with Gasteiger partial charge in [0.15, 0.2) is 0 Å². The van der Waals surface area contributed by atoms with Crippen LogP contribution in [0.15, 0.2) is 30.3 Å². The van der Waals surface area contributed by atoms with Crippen LogP contribution in [0, 0.1) is 0 Å². The number of hydrogen-bond acceptors (Lipinski definition) is 2. The first-order valence-corrected chi connectivity index (χ1v) is 5.86. The lowest BCUT2D eigenvalue weighted by molar-refractivity contribution is 0.453. The second kappa shape index (κ2) is 5.29. The molecule has 0 radical (unpaired) electrons. The van der Waals surface area contributed by atoms with Crippen molar-refractivity contribution < 1.29 is 0 Å². The minimum absolute atomic E-state index is 0.488. The maximum absolute atomic E-state index is 3.55. The van der Waals surface area contributed by atoms with E-state index in [1.54, 1.807) is 0 Å². The topological polar surface area (TPSA) is 24.1 Å². The fraction of sp³-hybridized carbons (Fsp3) is 0.538. The molecule has 1 aliphatic heterocycles. The maximum atomic E-state index is 3.55. The van der Waals surface area contributed by atoms with Crippen LogP contribution in [0.2, 0.25) is 0 Å². The predicted molar refractivity (Wildman–Crippen MR) is 63.9 cm³/mol.